The fourth-order valence-corrected chi connectivity index (χ4v) is 3.82. The molecule has 2 aromatic carbocycles. The molecule has 0 spiro atoms. The van der Waals surface area contributed by atoms with Crippen molar-refractivity contribution >= 4 is 27.9 Å². The molecule has 0 bridgehead atoms. The fourth-order valence-electron chi connectivity index (χ4n) is 3.82. The van der Waals surface area contributed by atoms with E-state index >= 15 is 0 Å². The highest BCUT2D eigenvalue weighted by Gasteiger charge is 2.22. The highest BCUT2D eigenvalue weighted by atomic mass is 16.5. The standard InChI is InChI=1S/C20H20N6O/c1-27-12-18-22-23-19-16-4-2-3-5-17(16)20(24-26(18)19)25-9-8-13-6-7-15(21)10-14(13)11-25/h2-7,10H,8-9,11-12,21H2,1H3. The molecule has 136 valence electrons. The van der Waals surface area contributed by atoms with Gasteiger partial charge in [0.25, 0.3) is 0 Å². The molecule has 0 unspecified atom stereocenters. The maximum atomic E-state index is 6.00. The number of ether oxygens (including phenoxy) is 1. The number of fused-ring (bicyclic) bond motifs is 4. The Kier molecular flexibility index (Phi) is 3.68. The number of nitrogens with two attached hydrogens (primary N) is 1. The number of nitrogen functional groups attached to an aromatic ring is 1. The van der Waals surface area contributed by atoms with E-state index in [0.29, 0.717) is 12.4 Å². The monoisotopic (exact) mass is 360 g/mol. The first-order valence-corrected chi connectivity index (χ1v) is 8.99. The van der Waals surface area contributed by atoms with Crippen molar-refractivity contribution in [1.29, 1.82) is 0 Å². The molecule has 0 saturated carbocycles. The van der Waals surface area contributed by atoms with Crippen LogP contribution in [0.4, 0.5) is 11.5 Å². The van der Waals surface area contributed by atoms with Gasteiger partial charge in [0, 0.05) is 36.7 Å². The lowest BCUT2D eigenvalue weighted by molar-refractivity contribution is 0.176. The molecule has 0 fully saturated rings. The van der Waals surface area contributed by atoms with E-state index in [-0.39, 0.29) is 0 Å². The van der Waals surface area contributed by atoms with Crippen molar-refractivity contribution in [2.24, 2.45) is 0 Å². The molecule has 1 aliphatic rings. The highest BCUT2D eigenvalue weighted by Crippen LogP contribution is 2.31. The smallest absolute Gasteiger partial charge is 0.185 e. The van der Waals surface area contributed by atoms with Gasteiger partial charge in [0.05, 0.1) is 0 Å². The van der Waals surface area contributed by atoms with E-state index in [1.165, 1.54) is 11.1 Å². The number of hydrogen-bond donors (Lipinski definition) is 1. The van der Waals surface area contributed by atoms with Crippen LogP contribution in [-0.4, -0.2) is 33.5 Å². The minimum atomic E-state index is 0.366. The van der Waals surface area contributed by atoms with E-state index in [0.717, 1.165) is 47.4 Å². The molecule has 0 aliphatic carbocycles. The molecular weight excluding hydrogens is 340 g/mol. The number of aromatic nitrogens is 4. The molecule has 2 N–H and O–H groups in total. The second-order valence-electron chi connectivity index (χ2n) is 6.85. The minimum Gasteiger partial charge on any atom is -0.399 e. The molecule has 0 amide bonds. The molecule has 7 nitrogen and oxygen atoms in total. The molecule has 0 radical (unpaired) electrons. The van der Waals surface area contributed by atoms with Crippen LogP contribution >= 0.6 is 0 Å². The van der Waals surface area contributed by atoms with Gasteiger partial charge in [-0.1, -0.05) is 30.3 Å². The van der Waals surface area contributed by atoms with Gasteiger partial charge in [-0.2, -0.15) is 4.52 Å². The second-order valence-corrected chi connectivity index (χ2v) is 6.85. The van der Waals surface area contributed by atoms with E-state index in [2.05, 4.69) is 39.4 Å². The topological polar surface area (TPSA) is 81.6 Å². The zero-order valence-electron chi connectivity index (χ0n) is 15.1. The lowest BCUT2D eigenvalue weighted by atomic mass is 9.99. The molecule has 5 rings (SSSR count). The van der Waals surface area contributed by atoms with Gasteiger partial charge < -0.3 is 15.4 Å². The molecule has 1 aliphatic heterocycles. The van der Waals surface area contributed by atoms with Crippen LogP contribution in [0.25, 0.3) is 16.4 Å². The fraction of sp³-hybridized carbons (Fsp3) is 0.250. The van der Waals surface area contributed by atoms with Crippen molar-refractivity contribution in [3.63, 3.8) is 0 Å². The summed E-state index contributed by atoms with van der Waals surface area (Å²) in [5, 5.41) is 15.6. The van der Waals surface area contributed by atoms with E-state index in [4.69, 9.17) is 15.6 Å². The van der Waals surface area contributed by atoms with Gasteiger partial charge in [-0.05, 0) is 29.7 Å². The van der Waals surface area contributed by atoms with Gasteiger partial charge in [0.1, 0.15) is 6.61 Å². The third-order valence-electron chi connectivity index (χ3n) is 5.12. The molecule has 2 aromatic heterocycles. The summed E-state index contributed by atoms with van der Waals surface area (Å²) in [5.41, 5.74) is 10.2. The molecule has 4 aromatic rings. The maximum absolute atomic E-state index is 6.00. The minimum absolute atomic E-state index is 0.366. The first kappa shape index (κ1) is 16.0. The second kappa shape index (κ2) is 6.21. The SMILES string of the molecule is COCc1nnc2c3ccccc3c(N3CCc4ccc(N)cc4C3)nn12. The van der Waals surface area contributed by atoms with Crippen LogP contribution in [0, 0.1) is 0 Å². The summed E-state index contributed by atoms with van der Waals surface area (Å²) < 4.78 is 7.06. The highest BCUT2D eigenvalue weighted by molar-refractivity contribution is 6.00. The van der Waals surface area contributed by atoms with Crippen molar-refractivity contribution in [3.05, 3.63) is 59.4 Å². The Hall–Kier alpha value is -3.19. The van der Waals surface area contributed by atoms with Crippen LogP contribution in [0.3, 0.4) is 0 Å². The third kappa shape index (κ3) is 2.59. The predicted molar refractivity (Wildman–Crippen MR) is 105 cm³/mol. The summed E-state index contributed by atoms with van der Waals surface area (Å²) in [7, 11) is 1.65. The number of anilines is 2. The van der Waals surface area contributed by atoms with Gasteiger partial charge >= 0.3 is 0 Å². The van der Waals surface area contributed by atoms with Crippen molar-refractivity contribution in [2.45, 2.75) is 19.6 Å². The number of methoxy groups -OCH3 is 1. The average Bonchev–Trinajstić information content (AvgIpc) is 3.10. The van der Waals surface area contributed by atoms with Crippen LogP contribution in [0.5, 0.6) is 0 Å². The van der Waals surface area contributed by atoms with E-state index < -0.39 is 0 Å². The van der Waals surface area contributed by atoms with Crippen LogP contribution < -0.4 is 10.6 Å². The van der Waals surface area contributed by atoms with E-state index in [9.17, 15) is 0 Å². The molecule has 7 heteroatoms. The average molecular weight is 360 g/mol. The van der Waals surface area contributed by atoms with Crippen molar-refractivity contribution in [1.82, 2.24) is 19.8 Å². The molecule has 3 heterocycles. The van der Waals surface area contributed by atoms with Crippen LogP contribution in [-0.2, 0) is 24.3 Å². The first-order chi connectivity index (χ1) is 13.2. The van der Waals surface area contributed by atoms with Gasteiger partial charge in [0.2, 0.25) is 0 Å². The zero-order valence-corrected chi connectivity index (χ0v) is 15.1. The normalized spacial score (nSPS) is 14.0. The quantitative estimate of drug-likeness (QED) is 0.566. The Morgan fingerprint density at radius 1 is 1.07 bits per heavy atom. The van der Waals surface area contributed by atoms with Gasteiger partial charge in [0.15, 0.2) is 17.3 Å². The number of hydrogen-bond acceptors (Lipinski definition) is 6. The Labute approximate surface area is 156 Å². The maximum Gasteiger partial charge on any atom is 0.185 e. The number of benzene rings is 2. The summed E-state index contributed by atoms with van der Waals surface area (Å²) in [5.74, 6) is 1.63. The van der Waals surface area contributed by atoms with Gasteiger partial charge in [-0.25, -0.2) is 0 Å². The van der Waals surface area contributed by atoms with Crippen molar-refractivity contribution in [3.8, 4) is 0 Å². The zero-order chi connectivity index (χ0) is 18.4. The molecule has 0 atom stereocenters. The molecule has 0 saturated heterocycles. The Morgan fingerprint density at radius 3 is 2.78 bits per heavy atom. The van der Waals surface area contributed by atoms with Gasteiger partial charge in [-0.3, -0.25) is 0 Å². The summed E-state index contributed by atoms with van der Waals surface area (Å²) in [6.45, 7) is 2.05. The van der Waals surface area contributed by atoms with Crippen LogP contribution in [0.15, 0.2) is 42.5 Å². The Bertz CT molecular complexity index is 1150. The van der Waals surface area contributed by atoms with Crippen molar-refractivity contribution in [2.75, 3.05) is 24.3 Å². The summed E-state index contributed by atoms with van der Waals surface area (Å²) in [6, 6.07) is 14.4. The predicted octanol–water partition coefficient (Wildman–Crippen LogP) is 2.57. The summed E-state index contributed by atoms with van der Waals surface area (Å²) >= 11 is 0. The molecule has 27 heavy (non-hydrogen) atoms. The van der Waals surface area contributed by atoms with Crippen molar-refractivity contribution < 1.29 is 4.74 Å². The number of rotatable bonds is 3. The lowest BCUT2D eigenvalue weighted by Crippen LogP contribution is -2.31. The lowest BCUT2D eigenvalue weighted by Gasteiger charge is -2.30. The third-order valence-corrected chi connectivity index (χ3v) is 5.12. The van der Waals surface area contributed by atoms with E-state index in [1.807, 2.05) is 18.2 Å². The summed E-state index contributed by atoms with van der Waals surface area (Å²) in [4.78, 5) is 2.31. The van der Waals surface area contributed by atoms with Crippen LogP contribution in [0.2, 0.25) is 0 Å². The first-order valence-electron chi connectivity index (χ1n) is 8.99. The largest absolute Gasteiger partial charge is 0.399 e. The summed E-state index contributed by atoms with van der Waals surface area (Å²) in [6.07, 6.45) is 0.969. The van der Waals surface area contributed by atoms with Gasteiger partial charge in [-0.15, -0.1) is 15.3 Å². The Morgan fingerprint density at radius 2 is 1.93 bits per heavy atom. The van der Waals surface area contributed by atoms with Crippen LogP contribution in [0.1, 0.15) is 17.0 Å². The molecular formula is C20H20N6O. The Balaban J connectivity index is 1.68. The van der Waals surface area contributed by atoms with E-state index in [1.54, 1.807) is 11.6 Å². The number of nitrogens with zero attached hydrogens (tertiary/aromatic N) is 5.